The molecule has 16 heteroatoms. The topological polar surface area (TPSA) is 163 Å². The van der Waals surface area contributed by atoms with Gasteiger partial charge in [-0.15, -0.1) is 0 Å². The van der Waals surface area contributed by atoms with Crippen LogP contribution in [0.5, 0.6) is 5.75 Å². The number of pyridine rings is 1. The molecule has 0 saturated heterocycles. The van der Waals surface area contributed by atoms with Crippen molar-refractivity contribution >= 4 is 32.8 Å². The highest BCUT2D eigenvalue weighted by Gasteiger charge is 2.28. The third kappa shape index (κ3) is 6.98. The number of ether oxygens (including phenoxy) is 1. The Morgan fingerprint density at radius 1 is 1.05 bits per heavy atom. The molecule has 3 aromatic heterocycles. The molecule has 2 aromatic carbocycles. The average molecular weight is 614 g/mol. The quantitative estimate of drug-likeness (QED) is 0.205. The van der Waals surface area contributed by atoms with E-state index in [9.17, 15) is 21.6 Å². The zero-order valence-electron chi connectivity index (χ0n) is 22.9. The van der Waals surface area contributed by atoms with Gasteiger partial charge in [-0.1, -0.05) is 12.1 Å². The van der Waals surface area contributed by atoms with E-state index in [0.717, 1.165) is 11.3 Å². The van der Waals surface area contributed by atoms with Crippen molar-refractivity contribution in [1.82, 2.24) is 29.7 Å². The van der Waals surface area contributed by atoms with Gasteiger partial charge in [0, 0.05) is 5.56 Å². The van der Waals surface area contributed by atoms with Crippen LogP contribution in [0.3, 0.4) is 0 Å². The summed E-state index contributed by atoms with van der Waals surface area (Å²) in [7, 11) is -4.15. The molecule has 1 atom stereocenters. The fraction of sp³-hybridized carbons (Fsp3) is 0.222. The molecule has 43 heavy (non-hydrogen) atoms. The van der Waals surface area contributed by atoms with Crippen LogP contribution in [0.4, 0.5) is 24.9 Å². The number of anilines is 2. The van der Waals surface area contributed by atoms with Crippen molar-refractivity contribution in [3.05, 3.63) is 72.8 Å². The largest absolute Gasteiger partial charge is 0.492 e. The second-order valence-electron chi connectivity index (χ2n) is 9.37. The van der Waals surface area contributed by atoms with Crippen LogP contribution in [0, 0.1) is 0 Å². The molecule has 0 aliphatic carbocycles. The highest BCUT2D eigenvalue weighted by molar-refractivity contribution is 7.89. The number of benzene rings is 2. The number of alkyl halides is 3. The van der Waals surface area contributed by atoms with Crippen LogP contribution in [0.15, 0.2) is 72.1 Å². The highest BCUT2D eigenvalue weighted by atomic mass is 32.2. The van der Waals surface area contributed by atoms with E-state index in [0.29, 0.717) is 5.56 Å². The Hall–Kier alpha value is -4.83. The minimum absolute atomic E-state index is 0.0585. The molecule has 3 heterocycles. The smallest absolute Gasteiger partial charge is 0.405 e. The van der Waals surface area contributed by atoms with E-state index < -0.39 is 22.7 Å². The first-order valence-electron chi connectivity index (χ1n) is 12.9. The fourth-order valence-corrected chi connectivity index (χ4v) is 4.94. The number of halogens is 3. The van der Waals surface area contributed by atoms with Gasteiger partial charge in [-0.2, -0.15) is 23.3 Å². The lowest BCUT2D eigenvalue weighted by Gasteiger charge is -2.17. The first kappa shape index (κ1) is 29.7. The number of hydrogen-bond donors (Lipinski definition) is 3. The minimum Gasteiger partial charge on any atom is -0.492 e. The lowest BCUT2D eigenvalue weighted by Crippen LogP contribution is -2.22. The van der Waals surface area contributed by atoms with E-state index in [4.69, 9.17) is 9.88 Å². The summed E-state index contributed by atoms with van der Waals surface area (Å²) in [5.41, 5.74) is 2.61. The maximum Gasteiger partial charge on any atom is 0.405 e. The van der Waals surface area contributed by atoms with Gasteiger partial charge in [-0.25, -0.2) is 33.2 Å². The molecule has 0 amide bonds. The molecular weight excluding hydrogens is 587 g/mol. The third-order valence-corrected chi connectivity index (χ3v) is 7.20. The van der Waals surface area contributed by atoms with Gasteiger partial charge < -0.3 is 15.4 Å². The molecule has 5 rings (SSSR count). The predicted octanol–water partition coefficient (Wildman–Crippen LogP) is 4.47. The average Bonchev–Trinajstić information content (AvgIpc) is 3.50. The van der Waals surface area contributed by atoms with E-state index in [-0.39, 0.29) is 51.8 Å². The Morgan fingerprint density at radius 3 is 2.47 bits per heavy atom. The molecule has 224 valence electrons. The molecular formula is C27H26F3N9O3S. The summed E-state index contributed by atoms with van der Waals surface area (Å²) >= 11 is 0. The SMILES string of the molecule is CCOc1ccc(-c2ccc3nc(NC(C)c4ccc(-n5cncn5)cc4)nc(NCC(F)(F)F)c3n2)cc1S(N)(=O)=O. The van der Waals surface area contributed by atoms with Gasteiger partial charge in [0.05, 0.1) is 29.5 Å². The van der Waals surface area contributed by atoms with Crippen molar-refractivity contribution in [2.45, 2.75) is 31.0 Å². The number of rotatable bonds is 10. The first-order chi connectivity index (χ1) is 20.4. The van der Waals surface area contributed by atoms with E-state index >= 15 is 0 Å². The van der Waals surface area contributed by atoms with Crippen LogP contribution >= 0.6 is 0 Å². The Bertz CT molecular complexity index is 1850. The first-order valence-corrected chi connectivity index (χ1v) is 14.5. The van der Waals surface area contributed by atoms with Crippen LogP contribution < -0.4 is 20.5 Å². The van der Waals surface area contributed by atoms with Crippen LogP contribution in [0.1, 0.15) is 25.5 Å². The van der Waals surface area contributed by atoms with Crippen LogP contribution in [0.25, 0.3) is 28.0 Å². The number of primary sulfonamides is 1. The summed E-state index contributed by atoms with van der Waals surface area (Å²) in [6.07, 6.45) is -1.53. The molecule has 5 aromatic rings. The van der Waals surface area contributed by atoms with E-state index in [1.165, 1.54) is 18.5 Å². The molecule has 0 aliphatic rings. The number of sulfonamides is 1. The summed E-state index contributed by atoms with van der Waals surface area (Å²) < 4.78 is 70.9. The summed E-state index contributed by atoms with van der Waals surface area (Å²) in [5.74, 6) is -0.00144. The molecule has 12 nitrogen and oxygen atoms in total. The molecule has 1 unspecified atom stereocenters. The Balaban J connectivity index is 1.49. The van der Waals surface area contributed by atoms with Crippen LogP contribution in [-0.4, -0.2) is 57.5 Å². The normalized spacial score (nSPS) is 12.7. The zero-order valence-corrected chi connectivity index (χ0v) is 23.7. The number of nitrogens with one attached hydrogen (secondary N) is 2. The number of fused-ring (bicyclic) bond motifs is 1. The van der Waals surface area contributed by atoms with Gasteiger partial charge in [-0.3, -0.25) is 0 Å². The van der Waals surface area contributed by atoms with E-state index in [1.54, 1.807) is 36.1 Å². The fourth-order valence-electron chi connectivity index (χ4n) is 4.25. The number of aromatic nitrogens is 6. The van der Waals surface area contributed by atoms with Gasteiger partial charge in [0.1, 0.15) is 35.4 Å². The molecule has 0 fully saturated rings. The maximum absolute atomic E-state index is 13.2. The van der Waals surface area contributed by atoms with Crippen molar-refractivity contribution in [3.8, 4) is 22.7 Å². The van der Waals surface area contributed by atoms with Crippen molar-refractivity contribution in [2.24, 2.45) is 5.14 Å². The minimum atomic E-state index is -4.53. The third-order valence-electron chi connectivity index (χ3n) is 6.27. The zero-order chi connectivity index (χ0) is 30.8. The lowest BCUT2D eigenvalue weighted by molar-refractivity contribution is -0.115. The monoisotopic (exact) mass is 613 g/mol. The highest BCUT2D eigenvalue weighted by Crippen LogP contribution is 2.31. The Labute approximate surface area is 244 Å². The molecule has 0 spiro atoms. The van der Waals surface area contributed by atoms with Gasteiger partial charge in [0.15, 0.2) is 5.82 Å². The van der Waals surface area contributed by atoms with Crippen molar-refractivity contribution in [3.63, 3.8) is 0 Å². The van der Waals surface area contributed by atoms with Gasteiger partial charge in [-0.05, 0) is 61.9 Å². The van der Waals surface area contributed by atoms with Crippen LogP contribution in [-0.2, 0) is 10.0 Å². The second kappa shape index (κ2) is 11.8. The van der Waals surface area contributed by atoms with E-state index in [1.807, 2.05) is 31.2 Å². The van der Waals surface area contributed by atoms with Crippen LogP contribution in [0.2, 0.25) is 0 Å². The Morgan fingerprint density at radius 2 is 1.81 bits per heavy atom. The maximum atomic E-state index is 13.2. The van der Waals surface area contributed by atoms with Crippen molar-refractivity contribution < 1.29 is 26.3 Å². The summed E-state index contributed by atoms with van der Waals surface area (Å²) in [6, 6.07) is 14.6. The van der Waals surface area contributed by atoms with Gasteiger partial charge in [0.25, 0.3) is 0 Å². The molecule has 0 aliphatic heterocycles. The van der Waals surface area contributed by atoms with Gasteiger partial charge in [0.2, 0.25) is 16.0 Å². The van der Waals surface area contributed by atoms with Crippen molar-refractivity contribution in [2.75, 3.05) is 23.8 Å². The molecule has 0 radical (unpaired) electrons. The standard InChI is InChI=1S/C27H26F3N9O3S/c1-3-42-22-11-6-18(12-23(22)43(31,40)41)20-9-10-21-24(36-20)25(33-13-27(28,29)30)38-26(37-21)35-16(2)17-4-7-19(8-5-17)39-15-32-14-34-39/h4-12,14-16H,3,13H2,1-2H3,(H2,31,40,41)(H2,33,35,37,38). The Kier molecular flexibility index (Phi) is 8.14. The van der Waals surface area contributed by atoms with Crippen molar-refractivity contribution in [1.29, 1.82) is 0 Å². The molecule has 0 saturated carbocycles. The van der Waals surface area contributed by atoms with E-state index in [2.05, 4.69) is 35.7 Å². The number of nitrogens with zero attached hydrogens (tertiary/aromatic N) is 6. The summed E-state index contributed by atoms with van der Waals surface area (Å²) in [5, 5.41) is 14.9. The molecule has 0 bridgehead atoms. The molecule has 4 N–H and O–H groups in total. The lowest BCUT2D eigenvalue weighted by atomic mass is 10.1. The summed E-state index contributed by atoms with van der Waals surface area (Å²) in [6.45, 7) is 2.41. The number of nitrogens with two attached hydrogens (primary N) is 1. The number of hydrogen-bond acceptors (Lipinski definition) is 10. The van der Waals surface area contributed by atoms with Gasteiger partial charge >= 0.3 is 6.18 Å². The summed E-state index contributed by atoms with van der Waals surface area (Å²) in [4.78, 5) is 16.9. The predicted molar refractivity (Wildman–Crippen MR) is 153 cm³/mol. The second-order valence-corrected chi connectivity index (χ2v) is 10.9.